The standard InChI is InChI=1S/C18H18FNO4/c1-11-4-3-5-15(17(11)22)18(23)24-10-16(21)20-12(2)13-6-8-14(19)9-7-13/h3-9,12,22H,10H2,1-2H3,(H,20,21)/t12-/m0/s1. The minimum atomic E-state index is -0.777. The minimum Gasteiger partial charge on any atom is -0.507 e. The van der Waals surface area contributed by atoms with E-state index in [9.17, 15) is 19.1 Å². The SMILES string of the molecule is Cc1cccc(C(=O)OCC(=O)N[C@@H](C)c2ccc(F)cc2)c1O. The van der Waals surface area contributed by atoms with Gasteiger partial charge in [0.25, 0.3) is 5.91 Å². The molecule has 6 heteroatoms. The number of benzene rings is 2. The van der Waals surface area contributed by atoms with E-state index in [1.165, 1.54) is 18.2 Å². The molecule has 0 aromatic heterocycles. The van der Waals surface area contributed by atoms with Gasteiger partial charge >= 0.3 is 5.97 Å². The van der Waals surface area contributed by atoms with Crippen LogP contribution in [0.5, 0.6) is 5.75 Å². The Hall–Kier alpha value is -2.89. The largest absolute Gasteiger partial charge is 0.507 e. The molecule has 5 nitrogen and oxygen atoms in total. The fourth-order valence-electron chi connectivity index (χ4n) is 2.15. The number of phenols is 1. The number of amides is 1. The second-order valence-corrected chi connectivity index (χ2v) is 5.39. The quantitative estimate of drug-likeness (QED) is 0.826. The predicted octanol–water partition coefficient (Wildman–Crippen LogP) is 2.87. The molecule has 0 saturated heterocycles. The van der Waals surface area contributed by atoms with Crippen LogP contribution in [0.4, 0.5) is 4.39 Å². The van der Waals surface area contributed by atoms with Crippen molar-refractivity contribution in [3.63, 3.8) is 0 Å². The first kappa shape index (κ1) is 17.5. The lowest BCUT2D eigenvalue weighted by molar-refractivity contribution is -0.124. The zero-order valence-electron chi connectivity index (χ0n) is 13.4. The van der Waals surface area contributed by atoms with Crippen molar-refractivity contribution in [2.75, 3.05) is 6.61 Å². The van der Waals surface area contributed by atoms with Crippen LogP contribution >= 0.6 is 0 Å². The molecular formula is C18H18FNO4. The zero-order valence-corrected chi connectivity index (χ0v) is 13.4. The minimum absolute atomic E-state index is 0.00869. The van der Waals surface area contributed by atoms with Crippen LogP contribution in [0.25, 0.3) is 0 Å². The molecule has 24 heavy (non-hydrogen) atoms. The molecule has 0 saturated carbocycles. The molecule has 0 unspecified atom stereocenters. The average Bonchev–Trinajstić information content (AvgIpc) is 2.55. The highest BCUT2D eigenvalue weighted by Gasteiger charge is 2.16. The van der Waals surface area contributed by atoms with E-state index in [0.717, 1.165) is 5.56 Å². The number of phenolic OH excluding ortho intramolecular Hbond substituents is 1. The summed E-state index contributed by atoms with van der Waals surface area (Å²) in [6.07, 6.45) is 0. The van der Waals surface area contributed by atoms with Gasteiger partial charge < -0.3 is 15.2 Å². The second-order valence-electron chi connectivity index (χ2n) is 5.39. The molecule has 2 aromatic rings. The summed E-state index contributed by atoms with van der Waals surface area (Å²) in [6.45, 7) is 2.92. The smallest absolute Gasteiger partial charge is 0.342 e. The van der Waals surface area contributed by atoms with Gasteiger partial charge in [0.1, 0.15) is 17.1 Å². The molecule has 0 spiro atoms. The van der Waals surface area contributed by atoms with E-state index in [4.69, 9.17) is 4.74 Å². The summed E-state index contributed by atoms with van der Waals surface area (Å²) < 4.78 is 17.8. The van der Waals surface area contributed by atoms with Crippen LogP contribution < -0.4 is 5.32 Å². The lowest BCUT2D eigenvalue weighted by Gasteiger charge is -2.14. The predicted molar refractivity (Wildman–Crippen MR) is 86.1 cm³/mol. The Bertz CT molecular complexity index is 743. The van der Waals surface area contributed by atoms with Gasteiger partial charge in [-0.05, 0) is 43.2 Å². The Morgan fingerprint density at radius 2 is 1.88 bits per heavy atom. The molecule has 2 rings (SSSR count). The van der Waals surface area contributed by atoms with Gasteiger partial charge in [-0.1, -0.05) is 24.3 Å². The number of carbonyl (C=O) groups is 2. The maximum absolute atomic E-state index is 12.9. The van der Waals surface area contributed by atoms with Crippen LogP contribution in [-0.4, -0.2) is 23.6 Å². The Kier molecular flexibility index (Phi) is 5.52. The Morgan fingerprint density at radius 1 is 1.21 bits per heavy atom. The molecule has 0 radical (unpaired) electrons. The highest BCUT2D eigenvalue weighted by Crippen LogP contribution is 2.22. The number of ether oxygens (including phenoxy) is 1. The van der Waals surface area contributed by atoms with Crippen LogP contribution in [0.3, 0.4) is 0 Å². The number of halogens is 1. The third kappa shape index (κ3) is 4.32. The van der Waals surface area contributed by atoms with Crippen molar-refractivity contribution in [1.29, 1.82) is 0 Å². The molecule has 0 aliphatic rings. The van der Waals surface area contributed by atoms with Crippen molar-refractivity contribution in [2.24, 2.45) is 0 Å². The Morgan fingerprint density at radius 3 is 2.54 bits per heavy atom. The van der Waals surface area contributed by atoms with Crippen molar-refractivity contribution < 1.29 is 23.8 Å². The van der Waals surface area contributed by atoms with Crippen LogP contribution in [0.1, 0.15) is 34.5 Å². The van der Waals surface area contributed by atoms with Gasteiger partial charge in [-0.15, -0.1) is 0 Å². The molecule has 0 bridgehead atoms. The van der Waals surface area contributed by atoms with E-state index in [1.54, 1.807) is 38.1 Å². The van der Waals surface area contributed by atoms with E-state index in [2.05, 4.69) is 5.32 Å². The summed E-state index contributed by atoms with van der Waals surface area (Å²) in [5.74, 6) is -1.79. The summed E-state index contributed by atoms with van der Waals surface area (Å²) in [4.78, 5) is 23.8. The third-order valence-corrected chi connectivity index (χ3v) is 3.54. The van der Waals surface area contributed by atoms with E-state index >= 15 is 0 Å². The number of nitrogens with one attached hydrogen (secondary N) is 1. The fourth-order valence-corrected chi connectivity index (χ4v) is 2.15. The maximum Gasteiger partial charge on any atom is 0.342 e. The first-order chi connectivity index (χ1) is 11.4. The van der Waals surface area contributed by atoms with Gasteiger partial charge in [-0.2, -0.15) is 0 Å². The van der Waals surface area contributed by atoms with Gasteiger partial charge in [0.15, 0.2) is 6.61 Å². The summed E-state index contributed by atoms with van der Waals surface area (Å²) in [7, 11) is 0. The van der Waals surface area contributed by atoms with Gasteiger partial charge in [-0.25, -0.2) is 9.18 Å². The molecule has 2 aromatic carbocycles. The average molecular weight is 331 g/mol. The van der Waals surface area contributed by atoms with E-state index in [0.29, 0.717) is 5.56 Å². The normalized spacial score (nSPS) is 11.6. The molecule has 0 aliphatic carbocycles. The number of carbonyl (C=O) groups excluding carboxylic acids is 2. The molecule has 1 atom stereocenters. The van der Waals surface area contributed by atoms with Crippen LogP contribution in [-0.2, 0) is 9.53 Å². The lowest BCUT2D eigenvalue weighted by atomic mass is 10.1. The topological polar surface area (TPSA) is 75.6 Å². The van der Waals surface area contributed by atoms with Crippen molar-refractivity contribution in [2.45, 2.75) is 19.9 Å². The van der Waals surface area contributed by atoms with Gasteiger partial charge in [0.2, 0.25) is 0 Å². The van der Waals surface area contributed by atoms with E-state index in [1.807, 2.05) is 0 Å². The van der Waals surface area contributed by atoms with Gasteiger partial charge in [-0.3, -0.25) is 4.79 Å². The van der Waals surface area contributed by atoms with Crippen molar-refractivity contribution in [1.82, 2.24) is 5.32 Å². The van der Waals surface area contributed by atoms with E-state index < -0.39 is 18.5 Å². The number of hydrogen-bond donors (Lipinski definition) is 2. The van der Waals surface area contributed by atoms with E-state index in [-0.39, 0.29) is 23.2 Å². The number of rotatable bonds is 5. The summed E-state index contributed by atoms with van der Waals surface area (Å²) in [5, 5.41) is 12.5. The first-order valence-electron chi connectivity index (χ1n) is 7.39. The molecule has 2 N–H and O–H groups in total. The number of esters is 1. The van der Waals surface area contributed by atoms with Crippen LogP contribution in [0.15, 0.2) is 42.5 Å². The molecule has 0 heterocycles. The van der Waals surface area contributed by atoms with Gasteiger partial charge in [0.05, 0.1) is 6.04 Å². The van der Waals surface area contributed by atoms with Crippen molar-refractivity contribution >= 4 is 11.9 Å². The highest BCUT2D eigenvalue weighted by atomic mass is 19.1. The van der Waals surface area contributed by atoms with Crippen LogP contribution in [0.2, 0.25) is 0 Å². The van der Waals surface area contributed by atoms with Crippen molar-refractivity contribution in [3.8, 4) is 5.75 Å². The Balaban J connectivity index is 1.89. The molecule has 0 fully saturated rings. The third-order valence-electron chi connectivity index (χ3n) is 3.54. The Labute approximate surface area is 139 Å². The molecule has 1 amide bonds. The lowest BCUT2D eigenvalue weighted by Crippen LogP contribution is -2.31. The second kappa shape index (κ2) is 7.59. The number of aromatic hydroxyl groups is 1. The van der Waals surface area contributed by atoms with Crippen LogP contribution in [0, 0.1) is 12.7 Å². The fraction of sp³-hybridized carbons (Fsp3) is 0.222. The molecule has 0 aliphatic heterocycles. The molecule has 126 valence electrons. The highest BCUT2D eigenvalue weighted by molar-refractivity contribution is 5.94. The van der Waals surface area contributed by atoms with Gasteiger partial charge in [0, 0.05) is 0 Å². The molecular weight excluding hydrogens is 313 g/mol. The maximum atomic E-state index is 12.9. The number of aryl methyl sites for hydroxylation is 1. The summed E-state index contributed by atoms with van der Waals surface area (Å²) in [6, 6.07) is 10.1. The zero-order chi connectivity index (χ0) is 17.7. The summed E-state index contributed by atoms with van der Waals surface area (Å²) >= 11 is 0. The number of hydrogen-bond acceptors (Lipinski definition) is 4. The summed E-state index contributed by atoms with van der Waals surface area (Å²) in [5.41, 5.74) is 1.28. The first-order valence-corrected chi connectivity index (χ1v) is 7.39. The van der Waals surface area contributed by atoms with Crippen molar-refractivity contribution in [3.05, 3.63) is 65.0 Å². The number of para-hydroxylation sites is 1. The monoisotopic (exact) mass is 331 g/mol.